The Morgan fingerprint density at radius 2 is 2.10 bits per heavy atom. The van der Waals surface area contributed by atoms with E-state index in [0.717, 1.165) is 16.4 Å². The molecule has 0 spiro atoms. The van der Waals surface area contributed by atoms with Gasteiger partial charge in [-0.3, -0.25) is 0 Å². The largest absolute Gasteiger partial charge is 0.496 e. The Hall–Kier alpha value is -2.08. The highest BCUT2D eigenvalue weighted by atomic mass is 32.1. The number of esters is 1. The van der Waals surface area contributed by atoms with Gasteiger partial charge in [0.1, 0.15) is 5.75 Å². The zero-order valence-corrected chi connectivity index (χ0v) is 12.4. The number of carbonyl (C=O) groups excluding carboxylic acids is 1. The Morgan fingerprint density at radius 3 is 2.80 bits per heavy atom. The molecule has 0 radical (unpaired) electrons. The van der Waals surface area contributed by atoms with E-state index >= 15 is 0 Å². The number of hydrogen-bond acceptors (Lipinski definition) is 6. The van der Waals surface area contributed by atoms with Crippen LogP contribution in [0.25, 0.3) is 0 Å². The van der Waals surface area contributed by atoms with Gasteiger partial charge in [-0.1, -0.05) is 18.2 Å². The summed E-state index contributed by atoms with van der Waals surface area (Å²) >= 11 is 1.41. The highest BCUT2D eigenvalue weighted by molar-refractivity contribution is 7.13. The number of anilines is 1. The van der Waals surface area contributed by atoms with E-state index in [1.807, 2.05) is 36.2 Å². The van der Waals surface area contributed by atoms with Crippen LogP contribution in [0.4, 0.5) is 5.13 Å². The summed E-state index contributed by atoms with van der Waals surface area (Å²) < 4.78 is 9.98. The topological polar surface area (TPSA) is 51.7 Å². The molecule has 1 aromatic carbocycles. The maximum atomic E-state index is 11.4. The number of aromatic nitrogens is 1. The second-order valence-corrected chi connectivity index (χ2v) is 5.01. The fraction of sp³-hybridized carbons (Fsp3) is 0.286. The molecule has 0 saturated heterocycles. The second-order valence-electron chi connectivity index (χ2n) is 4.17. The van der Waals surface area contributed by atoms with Crippen LogP contribution in [0.3, 0.4) is 0 Å². The van der Waals surface area contributed by atoms with Crippen molar-refractivity contribution in [1.82, 2.24) is 4.98 Å². The number of nitrogens with zero attached hydrogens (tertiary/aromatic N) is 2. The van der Waals surface area contributed by atoms with Crippen molar-refractivity contribution in [3.05, 3.63) is 40.9 Å². The molecule has 0 aliphatic carbocycles. The predicted octanol–water partition coefficient (Wildman–Crippen LogP) is 2.57. The summed E-state index contributed by atoms with van der Waals surface area (Å²) in [6.45, 7) is 0.651. The third-order valence-electron chi connectivity index (χ3n) is 2.81. The van der Waals surface area contributed by atoms with E-state index < -0.39 is 5.97 Å². The molecule has 0 atom stereocenters. The highest BCUT2D eigenvalue weighted by Gasteiger charge is 2.14. The van der Waals surface area contributed by atoms with E-state index in [-0.39, 0.29) is 0 Å². The third-order valence-corrected chi connectivity index (χ3v) is 3.77. The SMILES string of the molecule is COC(=O)c1csc(N(C)Cc2ccccc2OC)n1. The maximum absolute atomic E-state index is 11.4. The zero-order chi connectivity index (χ0) is 14.5. The smallest absolute Gasteiger partial charge is 0.357 e. The first kappa shape index (κ1) is 14.3. The van der Waals surface area contributed by atoms with Crippen LogP contribution in [-0.2, 0) is 11.3 Å². The van der Waals surface area contributed by atoms with Gasteiger partial charge < -0.3 is 14.4 Å². The lowest BCUT2D eigenvalue weighted by molar-refractivity contribution is 0.0595. The van der Waals surface area contributed by atoms with Gasteiger partial charge in [-0.05, 0) is 6.07 Å². The molecule has 0 aliphatic rings. The van der Waals surface area contributed by atoms with Gasteiger partial charge in [-0.15, -0.1) is 11.3 Å². The van der Waals surface area contributed by atoms with Crippen molar-refractivity contribution in [1.29, 1.82) is 0 Å². The first-order chi connectivity index (χ1) is 9.65. The summed E-state index contributed by atoms with van der Waals surface area (Å²) in [5.41, 5.74) is 1.40. The van der Waals surface area contributed by atoms with Crippen LogP contribution >= 0.6 is 11.3 Å². The summed E-state index contributed by atoms with van der Waals surface area (Å²) in [7, 11) is 4.92. The average molecular weight is 292 g/mol. The van der Waals surface area contributed by atoms with Gasteiger partial charge in [0.25, 0.3) is 0 Å². The molecular formula is C14H16N2O3S. The van der Waals surface area contributed by atoms with Crippen LogP contribution in [0, 0.1) is 0 Å². The second kappa shape index (κ2) is 6.38. The number of rotatable bonds is 5. The number of para-hydroxylation sites is 1. The fourth-order valence-corrected chi connectivity index (χ4v) is 2.56. The van der Waals surface area contributed by atoms with Crippen LogP contribution < -0.4 is 9.64 Å². The zero-order valence-electron chi connectivity index (χ0n) is 11.6. The lowest BCUT2D eigenvalue weighted by Gasteiger charge is -2.17. The number of benzene rings is 1. The van der Waals surface area contributed by atoms with E-state index in [1.165, 1.54) is 18.4 Å². The predicted molar refractivity (Wildman–Crippen MR) is 78.6 cm³/mol. The standard InChI is InChI=1S/C14H16N2O3S/c1-16(8-10-6-4-5-7-12(10)18-2)14-15-11(9-20-14)13(17)19-3/h4-7,9H,8H2,1-3H3. The first-order valence-electron chi connectivity index (χ1n) is 6.02. The molecule has 0 unspecified atom stereocenters. The summed E-state index contributed by atoms with van der Waals surface area (Å²) in [6, 6.07) is 7.82. The van der Waals surface area contributed by atoms with Gasteiger partial charge in [0.2, 0.25) is 0 Å². The van der Waals surface area contributed by atoms with Gasteiger partial charge in [0.15, 0.2) is 10.8 Å². The van der Waals surface area contributed by atoms with Gasteiger partial charge in [-0.25, -0.2) is 9.78 Å². The van der Waals surface area contributed by atoms with Crippen molar-refractivity contribution in [2.75, 3.05) is 26.2 Å². The monoisotopic (exact) mass is 292 g/mol. The molecule has 0 saturated carbocycles. The van der Waals surface area contributed by atoms with Crippen molar-refractivity contribution in [3.63, 3.8) is 0 Å². The van der Waals surface area contributed by atoms with Crippen LogP contribution in [-0.4, -0.2) is 32.2 Å². The van der Waals surface area contributed by atoms with Gasteiger partial charge in [0, 0.05) is 24.5 Å². The maximum Gasteiger partial charge on any atom is 0.357 e. The van der Waals surface area contributed by atoms with E-state index in [2.05, 4.69) is 9.72 Å². The summed E-state index contributed by atoms with van der Waals surface area (Å²) in [6.07, 6.45) is 0. The molecule has 106 valence electrons. The average Bonchev–Trinajstić information content (AvgIpc) is 2.97. The molecule has 0 fully saturated rings. The van der Waals surface area contributed by atoms with Crippen molar-refractivity contribution < 1.29 is 14.3 Å². The normalized spacial score (nSPS) is 10.2. The van der Waals surface area contributed by atoms with Gasteiger partial charge in [0.05, 0.1) is 14.2 Å². The van der Waals surface area contributed by atoms with E-state index in [0.29, 0.717) is 12.2 Å². The van der Waals surface area contributed by atoms with Crippen LogP contribution in [0.2, 0.25) is 0 Å². The molecule has 1 heterocycles. The summed E-state index contributed by atoms with van der Waals surface area (Å²) in [5, 5.41) is 2.45. The van der Waals surface area contributed by atoms with Crippen LogP contribution in [0.15, 0.2) is 29.6 Å². The molecule has 1 aromatic heterocycles. The molecule has 0 N–H and O–H groups in total. The summed E-state index contributed by atoms with van der Waals surface area (Å²) in [4.78, 5) is 17.6. The van der Waals surface area contributed by atoms with Crippen molar-refractivity contribution in [2.45, 2.75) is 6.54 Å². The lowest BCUT2D eigenvalue weighted by atomic mass is 10.2. The van der Waals surface area contributed by atoms with E-state index in [9.17, 15) is 4.79 Å². The van der Waals surface area contributed by atoms with Crippen molar-refractivity contribution >= 4 is 22.4 Å². The molecular weight excluding hydrogens is 276 g/mol. The molecule has 0 bridgehead atoms. The molecule has 20 heavy (non-hydrogen) atoms. The fourth-order valence-electron chi connectivity index (χ4n) is 1.79. The molecule has 0 amide bonds. The van der Waals surface area contributed by atoms with Gasteiger partial charge in [-0.2, -0.15) is 0 Å². The molecule has 0 aliphatic heterocycles. The lowest BCUT2D eigenvalue weighted by Crippen LogP contribution is -2.17. The van der Waals surface area contributed by atoms with Crippen LogP contribution in [0.5, 0.6) is 5.75 Å². The Balaban J connectivity index is 2.13. The molecule has 2 rings (SSSR count). The number of ether oxygens (including phenoxy) is 2. The molecule has 2 aromatic rings. The Bertz CT molecular complexity index is 598. The summed E-state index contributed by atoms with van der Waals surface area (Å²) in [5.74, 6) is 0.419. The van der Waals surface area contributed by atoms with Crippen molar-refractivity contribution in [3.8, 4) is 5.75 Å². The quantitative estimate of drug-likeness (QED) is 0.793. The number of hydrogen-bond donors (Lipinski definition) is 0. The van der Waals surface area contributed by atoms with Crippen LogP contribution in [0.1, 0.15) is 16.1 Å². The molecule has 6 heteroatoms. The van der Waals surface area contributed by atoms with Crippen molar-refractivity contribution in [2.24, 2.45) is 0 Å². The Morgan fingerprint density at radius 1 is 1.35 bits per heavy atom. The third kappa shape index (κ3) is 3.08. The van der Waals surface area contributed by atoms with Gasteiger partial charge >= 0.3 is 5.97 Å². The first-order valence-corrected chi connectivity index (χ1v) is 6.90. The Labute approximate surface area is 121 Å². The minimum atomic E-state index is -0.418. The number of carbonyl (C=O) groups is 1. The minimum absolute atomic E-state index is 0.333. The molecule has 5 nitrogen and oxygen atoms in total. The number of methoxy groups -OCH3 is 2. The minimum Gasteiger partial charge on any atom is -0.496 e. The van der Waals surface area contributed by atoms with E-state index in [4.69, 9.17) is 4.74 Å². The van der Waals surface area contributed by atoms with E-state index in [1.54, 1.807) is 12.5 Å². The Kier molecular flexibility index (Phi) is 4.57. The number of thiazole rings is 1. The highest BCUT2D eigenvalue weighted by Crippen LogP contribution is 2.24.